The lowest BCUT2D eigenvalue weighted by atomic mass is 10.2. The van der Waals surface area contributed by atoms with Crippen molar-refractivity contribution in [1.82, 2.24) is 0 Å². The topological polar surface area (TPSA) is 44.5 Å². The highest BCUT2D eigenvalue weighted by Gasteiger charge is 2.09. The van der Waals surface area contributed by atoms with E-state index >= 15 is 0 Å². The van der Waals surface area contributed by atoms with Crippen LogP contribution in [0.5, 0.6) is 11.5 Å². The average molecular weight is 306 g/mol. The van der Waals surface area contributed by atoms with Gasteiger partial charge in [-0.25, -0.2) is 0 Å². The van der Waals surface area contributed by atoms with Crippen LogP contribution in [0.2, 0.25) is 0 Å². The van der Waals surface area contributed by atoms with Crippen LogP contribution in [0.25, 0.3) is 0 Å². The number of benzene rings is 1. The zero-order chi connectivity index (χ0) is 12.0. The van der Waals surface area contributed by atoms with E-state index in [0.717, 1.165) is 33.0 Å². The fourth-order valence-corrected chi connectivity index (χ4v) is 2.54. The van der Waals surface area contributed by atoms with Crippen LogP contribution < -0.4 is 15.2 Å². The third-order valence-corrected chi connectivity index (χ3v) is 3.73. The molecule has 1 aromatic carbocycles. The van der Waals surface area contributed by atoms with E-state index in [0.29, 0.717) is 6.54 Å². The summed E-state index contributed by atoms with van der Waals surface area (Å²) in [4.78, 5) is 0. The summed E-state index contributed by atoms with van der Waals surface area (Å²) in [7, 11) is 3.33. The van der Waals surface area contributed by atoms with Gasteiger partial charge < -0.3 is 15.2 Å². The molecule has 0 unspecified atom stereocenters. The van der Waals surface area contributed by atoms with Gasteiger partial charge in [0.15, 0.2) is 0 Å². The van der Waals surface area contributed by atoms with Gasteiger partial charge in [-0.15, -0.1) is 0 Å². The van der Waals surface area contributed by atoms with Crippen LogP contribution in [0.3, 0.4) is 0 Å². The van der Waals surface area contributed by atoms with E-state index in [1.54, 1.807) is 26.0 Å². The number of hydrogen-bond donors (Lipinski definition) is 1. The molecule has 0 radical (unpaired) electrons. The van der Waals surface area contributed by atoms with Gasteiger partial charge in [0.05, 0.1) is 18.7 Å². The zero-order valence-electron chi connectivity index (χ0n) is 9.46. The van der Waals surface area contributed by atoms with Gasteiger partial charge >= 0.3 is 0 Å². The maximum atomic E-state index is 5.46. The molecule has 16 heavy (non-hydrogen) atoms. The van der Waals surface area contributed by atoms with Gasteiger partial charge in [0.2, 0.25) is 0 Å². The van der Waals surface area contributed by atoms with E-state index in [1.165, 1.54) is 0 Å². The number of hydrogen-bond acceptors (Lipinski definition) is 4. The van der Waals surface area contributed by atoms with Gasteiger partial charge in [-0.3, -0.25) is 0 Å². The van der Waals surface area contributed by atoms with Gasteiger partial charge in [0.1, 0.15) is 11.5 Å². The van der Waals surface area contributed by atoms with Gasteiger partial charge in [0, 0.05) is 23.6 Å². The highest BCUT2D eigenvalue weighted by atomic mass is 79.9. The van der Waals surface area contributed by atoms with Crippen molar-refractivity contribution >= 4 is 27.7 Å². The predicted octanol–water partition coefficient (Wildman–Crippen LogP) is 2.66. The molecule has 1 rings (SSSR count). The Labute approximate surface area is 109 Å². The van der Waals surface area contributed by atoms with E-state index in [2.05, 4.69) is 15.9 Å². The molecule has 0 amide bonds. The minimum atomic E-state index is 0.695. The third-order valence-electron chi connectivity index (χ3n) is 2.07. The molecule has 0 fully saturated rings. The molecular formula is C11H16BrNO2S. The lowest BCUT2D eigenvalue weighted by molar-refractivity contribution is 0.398. The fraction of sp³-hybridized carbons (Fsp3) is 0.455. The SMILES string of the molecule is COc1cc(CSCCN)c(OC)cc1Br. The van der Waals surface area contributed by atoms with Crippen LogP contribution in [0.4, 0.5) is 0 Å². The Morgan fingerprint density at radius 2 is 1.94 bits per heavy atom. The quantitative estimate of drug-likeness (QED) is 0.821. The molecule has 0 saturated heterocycles. The van der Waals surface area contributed by atoms with E-state index < -0.39 is 0 Å². The summed E-state index contributed by atoms with van der Waals surface area (Å²) < 4.78 is 11.5. The number of thioether (sulfide) groups is 1. The Kier molecular flexibility index (Phi) is 6.01. The maximum absolute atomic E-state index is 5.46. The molecule has 90 valence electrons. The Balaban J connectivity index is 2.86. The lowest BCUT2D eigenvalue weighted by Crippen LogP contribution is -2.02. The van der Waals surface area contributed by atoms with Crippen LogP contribution >= 0.6 is 27.7 Å². The molecule has 1 aromatic rings. The van der Waals surface area contributed by atoms with E-state index in [1.807, 2.05) is 12.1 Å². The van der Waals surface area contributed by atoms with Crippen molar-refractivity contribution in [2.45, 2.75) is 5.75 Å². The van der Waals surface area contributed by atoms with Crippen LogP contribution in [0.1, 0.15) is 5.56 Å². The highest BCUT2D eigenvalue weighted by molar-refractivity contribution is 9.10. The first-order valence-corrected chi connectivity index (χ1v) is 6.86. The van der Waals surface area contributed by atoms with Gasteiger partial charge in [-0.2, -0.15) is 11.8 Å². The Morgan fingerprint density at radius 3 is 2.50 bits per heavy atom. The molecule has 0 heterocycles. The van der Waals surface area contributed by atoms with Crippen molar-refractivity contribution in [3.8, 4) is 11.5 Å². The standard InChI is InChI=1S/C11H16BrNO2S/c1-14-10-6-9(12)11(15-2)5-8(10)7-16-4-3-13/h5-6H,3-4,7,13H2,1-2H3. The summed E-state index contributed by atoms with van der Waals surface area (Å²) in [5.74, 6) is 3.52. The molecule has 0 saturated carbocycles. The average Bonchev–Trinajstić information content (AvgIpc) is 2.30. The summed E-state index contributed by atoms with van der Waals surface area (Å²) in [6.07, 6.45) is 0. The van der Waals surface area contributed by atoms with Crippen LogP contribution in [-0.2, 0) is 5.75 Å². The predicted molar refractivity (Wildman–Crippen MR) is 72.5 cm³/mol. The second-order valence-electron chi connectivity index (χ2n) is 3.14. The molecule has 5 heteroatoms. The van der Waals surface area contributed by atoms with Gasteiger partial charge in [-0.1, -0.05) is 0 Å². The molecule has 0 aliphatic rings. The Morgan fingerprint density at radius 1 is 1.25 bits per heavy atom. The van der Waals surface area contributed by atoms with Crippen molar-refractivity contribution in [2.75, 3.05) is 26.5 Å². The maximum Gasteiger partial charge on any atom is 0.133 e. The minimum Gasteiger partial charge on any atom is -0.496 e. The summed E-state index contributed by atoms with van der Waals surface area (Å²) in [6.45, 7) is 0.695. The molecule has 2 N–H and O–H groups in total. The third kappa shape index (κ3) is 3.57. The second-order valence-corrected chi connectivity index (χ2v) is 5.10. The van der Waals surface area contributed by atoms with E-state index in [9.17, 15) is 0 Å². The molecule has 0 bridgehead atoms. The normalized spacial score (nSPS) is 10.2. The van der Waals surface area contributed by atoms with Crippen molar-refractivity contribution in [2.24, 2.45) is 5.73 Å². The smallest absolute Gasteiger partial charge is 0.133 e. The van der Waals surface area contributed by atoms with Crippen LogP contribution in [0.15, 0.2) is 16.6 Å². The van der Waals surface area contributed by atoms with E-state index in [4.69, 9.17) is 15.2 Å². The number of ether oxygens (including phenoxy) is 2. The zero-order valence-corrected chi connectivity index (χ0v) is 11.9. The van der Waals surface area contributed by atoms with Crippen molar-refractivity contribution < 1.29 is 9.47 Å². The summed E-state index contributed by atoms with van der Waals surface area (Å²) in [5.41, 5.74) is 6.59. The largest absolute Gasteiger partial charge is 0.496 e. The van der Waals surface area contributed by atoms with Gasteiger partial charge in [0.25, 0.3) is 0 Å². The van der Waals surface area contributed by atoms with E-state index in [-0.39, 0.29) is 0 Å². The highest BCUT2D eigenvalue weighted by Crippen LogP contribution is 2.34. The van der Waals surface area contributed by atoms with Crippen LogP contribution in [-0.4, -0.2) is 26.5 Å². The number of rotatable bonds is 6. The Hall–Kier alpha value is -0.390. The first kappa shape index (κ1) is 13.7. The molecule has 0 aromatic heterocycles. The number of methoxy groups -OCH3 is 2. The second kappa shape index (κ2) is 7.04. The molecule has 0 aliphatic heterocycles. The molecular weight excluding hydrogens is 290 g/mol. The first-order valence-electron chi connectivity index (χ1n) is 4.91. The number of halogens is 1. The molecule has 0 spiro atoms. The van der Waals surface area contributed by atoms with Crippen LogP contribution in [0, 0.1) is 0 Å². The first-order chi connectivity index (χ1) is 7.72. The van der Waals surface area contributed by atoms with Crippen molar-refractivity contribution in [3.63, 3.8) is 0 Å². The van der Waals surface area contributed by atoms with Crippen molar-refractivity contribution in [3.05, 3.63) is 22.2 Å². The molecule has 3 nitrogen and oxygen atoms in total. The molecule has 0 aliphatic carbocycles. The fourth-order valence-electron chi connectivity index (χ4n) is 1.30. The summed E-state index contributed by atoms with van der Waals surface area (Å²) in [5, 5.41) is 0. The summed E-state index contributed by atoms with van der Waals surface area (Å²) >= 11 is 5.22. The van der Waals surface area contributed by atoms with Crippen molar-refractivity contribution in [1.29, 1.82) is 0 Å². The van der Waals surface area contributed by atoms with Gasteiger partial charge in [-0.05, 0) is 28.1 Å². The number of nitrogens with two attached hydrogens (primary N) is 1. The summed E-state index contributed by atoms with van der Waals surface area (Å²) in [6, 6.07) is 3.92. The minimum absolute atomic E-state index is 0.695. The monoisotopic (exact) mass is 305 g/mol. The molecule has 0 atom stereocenters. The lowest BCUT2D eigenvalue weighted by Gasteiger charge is -2.11. The Bertz CT molecular complexity index is 347.